The molecule has 3 aromatic rings. The van der Waals surface area contributed by atoms with Crippen LogP contribution in [0.3, 0.4) is 0 Å². The Kier molecular flexibility index (Phi) is 78.4. The van der Waals surface area contributed by atoms with Gasteiger partial charge < -0.3 is 42.4 Å². The van der Waals surface area contributed by atoms with Crippen LogP contribution < -0.4 is 221 Å². The molecule has 2 heterocycles. The first-order valence-corrected chi connectivity index (χ1v) is 42.1. The van der Waals surface area contributed by atoms with Gasteiger partial charge in [-0.25, -0.2) is 4.68 Å². The standard InChI is InChI=1S/C55H105NO6S2.C28H32N5O3.4K/c1-4-7-10-13-16-19-22-25-28-31-34-37-40-43-53(58)56-51(52(57)47-63)49-64-48-50(62-55(60)45-42-39-36-33-30-27-24-21-18-15-12-9-6-3)46-61-54(59)44-41-38-35-32-29-26-23-20-17-14-11-8-5-2;1-2-29-25(35)16-4-3-10-18-33-28-22-13-6-5-12-21(22)20-32(26(36)17-9-11-19-34)24-15-8-7-14-23(24)27(28)30-31-33;;;;/h50-51,63H,4-49H2,1-3H3,(H,56,58);5-8,12-15H,2-4,9-11,16-18,20H2,1H3,(H,29,35);;;;/q;-1;4*+1/p-1/t50-,51-;;;;;/m0...../s1. The van der Waals surface area contributed by atoms with Crippen molar-refractivity contribution in [1.29, 1.82) is 0 Å². The van der Waals surface area contributed by atoms with Crippen molar-refractivity contribution in [3.05, 3.63) is 54.1 Å². The number of nitrogens with one attached hydrogen (secondary N) is 2. The van der Waals surface area contributed by atoms with Crippen molar-refractivity contribution in [3.63, 3.8) is 0 Å². The summed E-state index contributed by atoms with van der Waals surface area (Å²) >= 11 is 6.53. The van der Waals surface area contributed by atoms with E-state index in [1.807, 2.05) is 60.4 Å². The molecule has 1 aliphatic rings. The molecule has 3 amide bonds. The van der Waals surface area contributed by atoms with Gasteiger partial charge in [0.2, 0.25) is 17.7 Å². The van der Waals surface area contributed by atoms with Gasteiger partial charge in [0.15, 0.2) is 0 Å². The van der Waals surface area contributed by atoms with Crippen LogP contribution in [-0.2, 0) is 68.8 Å². The van der Waals surface area contributed by atoms with Gasteiger partial charge in [-0.1, -0.05) is 312 Å². The van der Waals surface area contributed by atoms with E-state index >= 15 is 0 Å². The second-order valence-electron chi connectivity index (χ2n) is 28.0. The molecule has 0 unspecified atom stereocenters. The van der Waals surface area contributed by atoms with E-state index in [1.54, 1.807) is 4.90 Å². The van der Waals surface area contributed by atoms with Crippen molar-refractivity contribution in [2.24, 2.45) is 0 Å². The first-order chi connectivity index (χ1) is 49.0. The first kappa shape index (κ1) is 108. The number of aryl methyl sites for hydroxylation is 1. The maximum absolute atomic E-state index is 13.2. The summed E-state index contributed by atoms with van der Waals surface area (Å²) in [6.45, 7) is 10.5. The quantitative estimate of drug-likeness (QED) is 0.0179. The summed E-state index contributed by atoms with van der Waals surface area (Å²) in [6.07, 6.45) is 55.1. The van der Waals surface area contributed by atoms with E-state index in [9.17, 15) is 33.6 Å². The molecule has 0 saturated heterocycles. The molecule has 4 rings (SSSR count). The minimum Gasteiger partial charge on any atom is -0.785 e. The minimum absolute atomic E-state index is 0. The molecule has 0 saturated carbocycles. The van der Waals surface area contributed by atoms with E-state index in [-0.39, 0.29) is 266 Å². The van der Waals surface area contributed by atoms with E-state index in [4.69, 9.17) is 22.1 Å². The number of fused-ring (bicyclic) bond motifs is 5. The molecule has 566 valence electrons. The van der Waals surface area contributed by atoms with Gasteiger partial charge in [-0.2, -0.15) is 18.2 Å². The molecule has 2 atom stereocenters. The van der Waals surface area contributed by atoms with E-state index in [0.29, 0.717) is 63.2 Å². The maximum Gasteiger partial charge on any atom is 1.00 e. The van der Waals surface area contributed by atoms with Crippen molar-refractivity contribution in [3.8, 4) is 22.5 Å². The van der Waals surface area contributed by atoms with E-state index in [2.05, 4.69) is 47.8 Å². The zero-order valence-corrected chi connectivity index (χ0v) is 81.3. The molecule has 2 N–H and O–H groups in total. The summed E-state index contributed by atoms with van der Waals surface area (Å²) in [5.74, 6) is -0.136. The number of benzene rings is 2. The Labute approximate surface area is 812 Å². The van der Waals surface area contributed by atoms with Crippen molar-refractivity contribution in [2.75, 3.05) is 35.3 Å². The van der Waals surface area contributed by atoms with Crippen LogP contribution in [0.1, 0.15) is 348 Å². The predicted octanol–water partition coefficient (Wildman–Crippen LogP) is 8.67. The second-order valence-corrected chi connectivity index (χ2v) is 29.3. The van der Waals surface area contributed by atoms with Gasteiger partial charge in [-0.05, 0) is 50.7 Å². The molecular weight excluding hydrogens is 1450 g/mol. The maximum atomic E-state index is 13.2. The molecule has 0 radical (unpaired) electrons. The van der Waals surface area contributed by atoms with E-state index in [1.165, 1.54) is 204 Å². The number of aromatic nitrogens is 3. The average molecular weight is 1580 g/mol. The van der Waals surface area contributed by atoms with Crippen molar-refractivity contribution < 1.29 is 249 Å². The molecule has 0 spiro atoms. The molecule has 104 heavy (non-hydrogen) atoms. The molecule has 2 aromatic carbocycles. The second kappa shape index (κ2) is 75.8. The molecule has 0 aliphatic carbocycles. The molecule has 0 fully saturated rings. The van der Waals surface area contributed by atoms with Crippen LogP contribution in [0.25, 0.3) is 22.5 Å². The van der Waals surface area contributed by atoms with Gasteiger partial charge in [0.1, 0.15) is 24.2 Å². The number of hydrogen-bond acceptors (Lipinski definition) is 13. The Balaban J connectivity index is 0. The number of thioether (sulfide) groups is 1. The molecule has 0 bridgehead atoms. The topological polar surface area (TPSA) is 196 Å². The monoisotopic (exact) mass is 1580 g/mol. The Hall–Kier alpha value is 1.52. The van der Waals surface area contributed by atoms with E-state index < -0.39 is 12.1 Å². The number of carbonyl (C=O) groups is 6. The fraction of sp³-hybridized carbons (Fsp3) is 0.747. The van der Waals surface area contributed by atoms with Gasteiger partial charge in [-0.3, -0.25) is 35.1 Å². The number of carbonyl (C=O) groups excluding carboxylic acids is 7. The van der Waals surface area contributed by atoms with Crippen LogP contribution in [0.2, 0.25) is 0 Å². The van der Waals surface area contributed by atoms with Crippen LogP contribution in [0, 0.1) is 0 Å². The number of ether oxygens (including phenoxy) is 2. The van der Waals surface area contributed by atoms with Crippen LogP contribution in [0.15, 0.2) is 48.5 Å². The Morgan fingerprint density at radius 3 is 1.42 bits per heavy atom. The number of ketones is 1. The minimum atomic E-state index is -0.683. The molecule has 15 nitrogen and oxygen atoms in total. The third-order valence-corrected chi connectivity index (χ3v) is 20.5. The SMILES string of the molecule is CCCCCCCCCCCCCCCC(=O)N[C@@H](CSC[C@H](COC(=O)CCCCCCCCCCCCCCC)OC(=O)CCCCCCCCCCCCCCC)C(=O)C[S-].CCNC(=O)CCCCCn1nnc2c1-c1ccccc1CN(C(=O)CCC[C-]=O)c1ccccc1-2.[K+].[K+].[K+].[K+]. The van der Waals surface area contributed by atoms with Crippen molar-refractivity contribution in [1.82, 2.24) is 25.6 Å². The summed E-state index contributed by atoms with van der Waals surface area (Å²) in [4.78, 5) is 88.8. The van der Waals surface area contributed by atoms with Crippen LogP contribution >= 0.6 is 11.8 Å². The number of amides is 3. The number of Topliss-reactive ketones (excluding diaryl/α,β-unsaturated/α-hetero) is 1. The third-order valence-electron chi connectivity index (χ3n) is 19.1. The van der Waals surface area contributed by atoms with Crippen LogP contribution in [0.4, 0.5) is 5.69 Å². The first-order valence-electron chi connectivity index (χ1n) is 40.4. The van der Waals surface area contributed by atoms with E-state index in [0.717, 1.165) is 111 Å². The predicted molar refractivity (Wildman–Crippen MR) is 417 cm³/mol. The number of rotatable bonds is 63. The Bertz CT molecular complexity index is 2640. The van der Waals surface area contributed by atoms with Gasteiger partial charge in [-0.15, -0.1) is 10.9 Å². The number of unbranched alkanes of at least 4 members (excludes halogenated alkanes) is 39. The third kappa shape index (κ3) is 53.6. The summed E-state index contributed by atoms with van der Waals surface area (Å²) in [5.41, 5.74) is 5.38. The summed E-state index contributed by atoms with van der Waals surface area (Å²) < 4.78 is 13.5. The number of hydrogen-bond donors (Lipinski definition) is 2. The summed E-state index contributed by atoms with van der Waals surface area (Å²) in [5, 5.41) is 14.9. The number of esters is 2. The van der Waals surface area contributed by atoms with Crippen LogP contribution in [0.5, 0.6) is 0 Å². The molecule has 21 heteroatoms. The van der Waals surface area contributed by atoms with Crippen LogP contribution in [-0.4, -0.2) is 99.3 Å². The number of para-hydroxylation sites is 1. The average Bonchev–Trinajstić information content (AvgIpc) is 1.50. The summed E-state index contributed by atoms with van der Waals surface area (Å²) in [7, 11) is 0. The largest absolute Gasteiger partial charge is 1.00 e. The van der Waals surface area contributed by atoms with Crippen molar-refractivity contribution >= 4 is 71.8 Å². The van der Waals surface area contributed by atoms with Gasteiger partial charge >= 0.3 is 217 Å². The van der Waals surface area contributed by atoms with Gasteiger partial charge in [0.05, 0.1) is 24.0 Å². The molecule has 1 aliphatic heterocycles. The fourth-order valence-electron chi connectivity index (χ4n) is 13.0. The summed E-state index contributed by atoms with van der Waals surface area (Å²) in [6, 6.07) is 15.2. The molecule has 1 aromatic heterocycles. The Morgan fingerprint density at radius 1 is 0.510 bits per heavy atom. The van der Waals surface area contributed by atoms with Crippen molar-refractivity contribution in [2.45, 2.75) is 368 Å². The zero-order valence-electron chi connectivity index (χ0n) is 67.2. The molecular formula is C83H136K4N6O9S2+2. The fourth-order valence-corrected chi connectivity index (χ4v) is 14.3. The number of nitrogens with zero attached hydrogens (tertiary/aromatic N) is 4. The smallest absolute Gasteiger partial charge is 0.785 e. The zero-order chi connectivity index (χ0) is 72.1. The number of anilines is 1. The van der Waals surface area contributed by atoms with Gasteiger partial charge in [0, 0.05) is 67.8 Å². The normalized spacial score (nSPS) is 11.8. The van der Waals surface area contributed by atoms with Gasteiger partial charge in [0.25, 0.3) is 0 Å². The Morgan fingerprint density at radius 2 is 0.942 bits per heavy atom.